The van der Waals surface area contributed by atoms with Crippen molar-refractivity contribution in [2.75, 3.05) is 18.2 Å². The minimum atomic E-state index is -1.13. The van der Waals surface area contributed by atoms with Gasteiger partial charge >= 0.3 is 0 Å². The topological polar surface area (TPSA) is 62.7 Å². The number of nitrogens with zero attached hydrogens (tertiary/aromatic N) is 2. The number of ether oxygens (including phenoxy) is 1. The molecule has 1 aromatic rings. The Kier molecular flexibility index (Phi) is 4.82. The van der Waals surface area contributed by atoms with Crippen molar-refractivity contribution in [2.45, 2.75) is 62.5 Å². The SMILES string of the molecule is C[Si](C)(C)CCOCN1c2ncccc2C2(CCC(O)C2)C1C=O. The molecule has 0 amide bonds. The second kappa shape index (κ2) is 6.58. The molecule has 5 nitrogen and oxygen atoms in total. The molecule has 0 saturated heterocycles. The predicted octanol–water partition coefficient (Wildman–Crippen LogP) is 2.56. The van der Waals surface area contributed by atoms with Gasteiger partial charge in [-0.2, -0.15) is 0 Å². The Hall–Kier alpha value is -1.24. The van der Waals surface area contributed by atoms with Crippen molar-refractivity contribution in [1.82, 2.24) is 4.98 Å². The van der Waals surface area contributed by atoms with Gasteiger partial charge in [-0.3, -0.25) is 0 Å². The van der Waals surface area contributed by atoms with Crippen LogP contribution >= 0.6 is 0 Å². The fraction of sp³-hybridized carbons (Fsp3) is 0.667. The fourth-order valence-corrected chi connectivity index (χ4v) is 4.81. The number of pyridine rings is 1. The molecule has 0 radical (unpaired) electrons. The summed E-state index contributed by atoms with van der Waals surface area (Å²) in [5.74, 6) is 0.844. The van der Waals surface area contributed by atoms with Gasteiger partial charge in [0.05, 0.1) is 12.1 Å². The van der Waals surface area contributed by atoms with E-state index in [0.717, 1.165) is 43.2 Å². The highest BCUT2D eigenvalue weighted by Gasteiger charge is 2.55. The van der Waals surface area contributed by atoms with E-state index in [-0.39, 0.29) is 17.6 Å². The van der Waals surface area contributed by atoms with E-state index < -0.39 is 8.07 Å². The molecule has 6 heteroatoms. The molecule has 1 N–H and O–H groups in total. The number of aldehydes is 1. The van der Waals surface area contributed by atoms with Crippen LogP contribution in [0.5, 0.6) is 0 Å². The summed E-state index contributed by atoms with van der Waals surface area (Å²) in [7, 11) is -1.13. The molecule has 2 heterocycles. The van der Waals surface area contributed by atoms with Gasteiger partial charge in [0.25, 0.3) is 0 Å². The number of hydrogen-bond acceptors (Lipinski definition) is 5. The van der Waals surface area contributed by atoms with E-state index in [4.69, 9.17) is 4.74 Å². The first-order valence-corrected chi connectivity index (χ1v) is 12.5. The van der Waals surface area contributed by atoms with Crippen molar-refractivity contribution in [3.63, 3.8) is 0 Å². The van der Waals surface area contributed by atoms with Crippen LogP contribution < -0.4 is 4.90 Å². The first kappa shape index (κ1) is 17.6. The van der Waals surface area contributed by atoms with Crippen LogP contribution in [0.25, 0.3) is 0 Å². The second-order valence-electron chi connectivity index (χ2n) is 8.33. The van der Waals surface area contributed by atoms with E-state index >= 15 is 0 Å². The molecule has 1 saturated carbocycles. The van der Waals surface area contributed by atoms with E-state index in [0.29, 0.717) is 13.2 Å². The number of aromatic nitrogens is 1. The fourth-order valence-electron chi connectivity index (χ4n) is 4.05. The van der Waals surface area contributed by atoms with Crippen molar-refractivity contribution in [3.05, 3.63) is 23.9 Å². The second-order valence-corrected chi connectivity index (χ2v) is 13.9. The summed E-state index contributed by atoms with van der Waals surface area (Å²) in [6.07, 6.45) is 4.63. The maximum atomic E-state index is 11.9. The number of carbonyl (C=O) groups excluding carboxylic acids is 1. The summed E-state index contributed by atoms with van der Waals surface area (Å²) in [4.78, 5) is 18.5. The summed E-state index contributed by atoms with van der Waals surface area (Å²) in [6.45, 7) is 8.08. The highest BCUT2D eigenvalue weighted by molar-refractivity contribution is 6.76. The number of aliphatic hydroxyl groups excluding tert-OH is 1. The molecular weight excluding hydrogens is 320 g/mol. The Morgan fingerprint density at radius 1 is 1.50 bits per heavy atom. The summed E-state index contributed by atoms with van der Waals surface area (Å²) >= 11 is 0. The number of anilines is 1. The molecule has 1 aromatic heterocycles. The van der Waals surface area contributed by atoms with Gasteiger partial charge in [-0.1, -0.05) is 25.7 Å². The van der Waals surface area contributed by atoms with Gasteiger partial charge in [0.1, 0.15) is 18.8 Å². The summed E-state index contributed by atoms with van der Waals surface area (Å²) < 4.78 is 5.91. The normalized spacial score (nSPS) is 29.2. The number of hydrogen-bond donors (Lipinski definition) is 1. The van der Waals surface area contributed by atoms with Crippen LogP contribution in [-0.4, -0.2) is 49.9 Å². The third kappa shape index (κ3) is 3.14. The standard InChI is InChI=1S/C18H28N2O3Si/c1-24(2,3)10-9-23-13-20-16(12-21)18(7-6-14(22)11-18)15-5-4-8-19-17(15)20/h4-5,8,12,14,16,22H,6-7,9-11,13H2,1-3H3. The van der Waals surface area contributed by atoms with Gasteiger partial charge in [-0.15, -0.1) is 0 Å². The van der Waals surface area contributed by atoms with Crippen LogP contribution in [0.3, 0.4) is 0 Å². The Labute approximate surface area is 145 Å². The zero-order chi connectivity index (χ0) is 17.4. The molecule has 3 atom stereocenters. The van der Waals surface area contributed by atoms with Crippen molar-refractivity contribution >= 4 is 20.2 Å². The van der Waals surface area contributed by atoms with Gasteiger partial charge in [0, 0.05) is 31.9 Å². The molecule has 0 bridgehead atoms. The van der Waals surface area contributed by atoms with Crippen molar-refractivity contribution in [1.29, 1.82) is 0 Å². The highest BCUT2D eigenvalue weighted by Crippen LogP contribution is 2.52. The van der Waals surface area contributed by atoms with Crippen LogP contribution in [0.4, 0.5) is 5.82 Å². The van der Waals surface area contributed by atoms with Gasteiger partial charge in [0.2, 0.25) is 0 Å². The quantitative estimate of drug-likeness (QED) is 0.486. The smallest absolute Gasteiger partial charge is 0.143 e. The van der Waals surface area contributed by atoms with E-state index in [2.05, 4.69) is 30.7 Å². The van der Waals surface area contributed by atoms with Crippen LogP contribution in [0, 0.1) is 0 Å². The number of carbonyl (C=O) groups is 1. The Morgan fingerprint density at radius 3 is 2.92 bits per heavy atom. The lowest BCUT2D eigenvalue weighted by Crippen LogP contribution is -2.46. The van der Waals surface area contributed by atoms with Gasteiger partial charge in [-0.05, 0) is 31.4 Å². The maximum absolute atomic E-state index is 11.9. The molecule has 2 aliphatic rings. The van der Waals surface area contributed by atoms with E-state index in [1.54, 1.807) is 6.20 Å². The number of aliphatic hydroxyl groups is 1. The van der Waals surface area contributed by atoms with Crippen LogP contribution in [0.2, 0.25) is 25.7 Å². The molecule has 1 fully saturated rings. The lowest BCUT2D eigenvalue weighted by molar-refractivity contribution is -0.110. The zero-order valence-corrected chi connectivity index (χ0v) is 15.9. The van der Waals surface area contributed by atoms with E-state index in [1.807, 2.05) is 11.0 Å². The molecule has 24 heavy (non-hydrogen) atoms. The Morgan fingerprint density at radius 2 is 2.29 bits per heavy atom. The lowest BCUT2D eigenvalue weighted by Gasteiger charge is -2.32. The molecule has 0 aromatic carbocycles. The zero-order valence-electron chi connectivity index (χ0n) is 14.9. The monoisotopic (exact) mass is 348 g/mol. The van der Waals surface area contributed by atoms with Crippen LogP contribution in [0.15, 0.2) is 18.3 Å². The van der Waals surface area contributed by atoms with E-state index in [1.165, 1.54) is 0 Å². The third-order valence-electron chi connectivity index (χ3n) is 5.38. The largest absolute Gasteiger partial charge is 0.393 e. The number of rotatable bonds is 6. The predicted molar refractivity (Wildman–Crippen MR) is 97.1 cm³/mol. The lowest BCUT2D eigenvalue weighted by atomic mass is 9.76. The third-order valence-corrected chi connectivity index (χ3v) is 7.08. The van der Waals surface area contributed by atoms with Crippen molar-refractivity contribution in [2.24, 2.45) is 0 Å². The molecule has 1 aliphatic carbocycles. The maximum Gasteiger partial charge on any atom is 0.143 e. The van der Waals surface area contributed by atoms with Gasteiger partial charge < -0.3 is 19.5 Å². The minimum Gasteiger partial charge on any atom is -0.393 e. The molecular formula is C18H28N2O3Si. The first-order valence-electron chi connectivity index (χ1n) is 8.81. The van der Waals surface area contributed by atoms with Crippen molar-refractivity contribution in [3.8, 4) is 0 Å². The first-order chi connectivity index (χ1) is 11.4. The minimum absolute atomic E-state index is 0.300. The average Bonchev–Trinajstić information content (AvgIpc) is 3.03. The van der Waals surface area contributed by atoms with Crippen LogP contribution in [-0.2, 0) is 14.9 Å². The summed E-state index contributed by atoms with van der Waals surface area (Å²) in [5.41, 5.74) is 0.778. The van der Waals surface area contributed by atoms with Crippen molar-refractivity contribution < 1.29 is 14.6 Å². The molecule has 3 unspecified atom stereocenters. The van der Waals surface area contributed by atoms with E-state index in [9.17, 15) is 9.90 Å². The Balaban J connectivity index is 1.80. The summed E-state index contributed by atoms with van der Waals surface area (Å²) in [6, 6.07) is 4.78. The molecule has 3 rings (SSSR count). The average molecular weight is 349 g/mol. The molecule has 132 valence electrons. The van der Waals surface area contributed by atoms with Crippen LogP contribution in [0.1, 0.15) is 24.8 Å². The van der Waals surface area contributed by atoms with Gasteiger partial charge in [0.15, 0.2) is 0 Å². The number of fused-ring (bicyclic) bond motifs is 2. The molecule has 1 spiro atoms. The Bertz CT molecular complexity index is 604. The summed E-state index contributed by atoms with van der Waals surface area (Å²) in [5, 5.41) is 10.1. The highest BCUT2D eigenvalue weighted by atomic mass is 28.3. The molecule has 1 aliphatic heterocycles. The van der Waals surface area contributed by atoms with Gasteiger partial charge in [-0.25, -0.2) is 4.98 Å².